The summed E-state index contributed by atoms with van der Waals surface area (Å²) in [7, 11) is 2.16. The number of hydrogen-bond donors (Lipinski definition) is 1. The zero-order valence-corrected chi connectivity index (χ0v) is 14.6. The Hall–Kier alpha value is -2.73. The molecular formula is C20H20NO5+. The van der Waals surface area contributed by atoms with Crippen LogP contribution in [0.1, 0.15) is 27.0 Å². The minimum absolute atomic E-state index is 0.0953. The zero-order chi connectivity index (χ0) is 17.7. The number of hydrogen-bond acceptors (Lipinski definition) is 5. The fraction of sp³-hybridized carbons (Fsp3) is 0.350. The second-order valence-corrected chi connectivity index (χ2v) is 7.03. The molecule has 0 aromatic heterocycles. The highest BCUT2D eigenvalue weighted by Gasteiger charge is 2.27. The van der Waals surface area contributed by atoms with Gasteiger partial charge in [-0.1, -0.05) is 6.07 Å². The molecule has 0 aliphatic carbocycles. The monoisotopic (exact) mass is 354 g/mol. The third-order valence-electron chi connectivity index (χ3n) is 5.29. The third-order valence-corrected chi connectivity index (χ3v) is 5.29. The van der Waals surface area contributed by atoms with Gasteiger partial charge in [0.1, 0.15) is 6.54 Å². The number of fused-ring (bicyclic) bond motifs is 5. The summed E-state index contributed by atoms with van der Waals surface area (Å²) in [5.41, 5.74) is 3.84. The second kappa shape index (κ2) is 5.92. The van der Waals surface area contributed by atoms with Crippen LogP contribution >= 0.6 is 0 Å². The molecule has 0 saturated carbocycles. The lowest BCUT2D eigenvalue weighted by molar-refractivity contribution is -0.893. The van der Waals surface area contributed by atoms with E-state index in [9.17, 15) is 4.79 Å². The van der Waals surface area contributed by atoms with Crippen LogP contribution in [0.4, 0.5) is 0 Å². The predicted molar refractivity (Wildman–Crippen MR) is 92.3 cm³/mol. The molecule has 134 valence electrons. The number of rotatable bonds is 0. The Labute approximate surface area is 151 Å². The number of likely N-dealkylation sites (N-methyl/N-ethyl adjacent to an activating group) is 1. The number of ketones is 1. The molecule has 3 heterocycles. The molecule has 2 aromatic carbocycles. The lowest BCUT2D eigenvalue weighted by Crippen LogP contribution is -3.07. The molecule has 0 saturated heterocycles. The van der Waals surface area contributed by atoms with Crippen molar-refractivity contribution in [3.63, 3.8) is 0 Å². The standard InChI is InChI=1S/C20H19NO5/c1-21-5-4-13-7-18-19(25-10-24-18)8-14(13)16(22)6-12-2-3-17-20(15(12)9-21)26-11-23-17/h2-3,7-8H,4-6,9-11H2,1H3/p+1. The van der Waals surface area contributed by atoms with Gasteiger partial charge in [-0.25, -0.2) is 0 Å². The van der Waals surface area contributed by atoms with Crippen molar-refractivity contribution in [2.24, 2.45) is 0 Å². The normalized spacial score (nSPS) is 20.5. The van der Waals surface area contributed by atoms with Crippen molar-refractivity contribution in [3.05, 3.63) is 46.5 Å². The maximum Gasteiger partial charge on any atom is 0.231 e. The highest BCUT2D eigenvalue weighted by Crippen LogP contribution is 2.39. The van der Waals surface area contributed by atoms with E-state index in [1.165, 1.54) is 4.90 Å². The molecule has 1 atom stereocenters. The summed E-state index contributed by atoms with van der Waals surface area (Å²) in [4.78, 5) is 14.4. The van der Waals surface area contributed by atoms with E-state index >= 15 is 0 Å². The number of Topliss-reactive ketones (excluding diaryl/α,β-unsaturated/α-hetero) is 1. The summed E-state index contributed by atoms with van der Waals surface area (Å²) in [5, 5.41) is 0. The molecule has 0 fully saturated rings. The van der Waals surface area contributed by atoms with Crippen LogP contribution in [0.25, 0.3) is 0 Å². The topological polar surface area (TPSA) is 58.4 Å². The molecule has 2 aromatic rings. The summed E-state index contributed by atoms with van der Waals surface area (Å²) >= 11 is 0. The van der Waals surface area contributed by atoms with Crippen LogP contribution in [-0.2, 0) is 19.4 Å². The number of nitrogens with one attached hydrogen (secondary N) is 1. The number of quaternary nitrogens is 1. The number of carbonyl (C=O) groups is 1. The van der Waals surface area contributed by atoms with Crippen molar-refractivity contribution in [1.29, 1.82) is 0 Å². The average Bonchev–Trinajstić information content (AvgIpc) is 3.28. The van der Waals surface area contributed by atoms with Gasteiger partial charge in [0.15, 0.2) is 28.8 Å². The molecule has 5 rings (SSSR count). The zero-order valence-electron chi connectivity index (χ0n) is 14.6. The van der Waals surface area contributed by atoms with Gasteiger partial charge in [0.05, 0.1) is 19.2 Å². The Morgan fingerprint density at radius 3 is 2.58 bits per heavy atom. The van der Waals surface area contributed by atoms with Gasteiger partial charge in [0.25, 0.3) is 0 Å². The number of carbonyl (C=O) groups excluding carboxylic acids is 1. The quantitative estimate of drug-likeness (QED) is 0.769. The van der Waals surface area contributed by atoms with Crippen molar-refractivity contribution in [1.82, 2.24) is 0 Å². The molecule has 0 amide bonds. The van der Waals surface area contributed by atoms with E-state index in [1.807, 2.05) is 24.3 Å². The van der Waals surface area contributed by atoms with Gasteiger partial charge < -0.3 is 23.8 Å². The van der Waals surface area contributed by atoms with E-state index in [1.54, 1.807) is 0 Å². The van der Waals surface area contributed by atoms with Gasteiger partial charge in [0.2, 0.25) is 13.6 Å². The lowest BCUT2D eigenvalue weighted by Gasteiger charge is -2.21. The summed E-state index contributed by atoms with van der Waals surface area (Å²) in [5.74, 6) is 3.04. The predicted octanol–water partition coefficient (Wildman–Crippen LogP) is 1.14. The molecule has 3 aliphatic heterocycles. The van der Waals surface area contributed by atoms with Crippen LogP contribution in [0.15, 0.2) is 24.3 Å². The number of benzene rings is 2. The average molecular weight is 354 g/mol. The van der Waals surface area contributed by atoms with E-state index in [-0.39, 0.29) is 19.4 Å². The second-order valence-electron chi connectivity index (χ2n) is 7.03. The summed E-state index contributed by atoms with van der Waals surface area (Å²) < 4.78 is 22.2. The molecule has 6 nitrogen and oxygen atoms in total. The van der Waals surface area contributed by atoms with E-state index in [0.29, 0.717) is 12.2 Å². The summed E-state index contributed by atoms with van der Waals surface area (Å²) in [6.07, 6.45) is 1.15. The molecule has 0 radical (unpaired) electrons. The van der Waals surface area contributed by atoms with E-state index < -0.39 is 0 Å². The van der Waals surface area contributed by atoms with Crippen molar-refractivity contribution in [3.8, 4) is 23.0 Å². The van der Waals surface area contributed by atoms with Gasteiger partial charge in [0, 0.05) is 18.4 Å². The Bertz CT molecular complexity index is 908. The van der Waals surface area contributed by atoms with Gasteiger partial charge >= 0.3 is 0 Å². The molecule has 0 spiro atoms. The third kappa shape index (κ3) is 2.49. The number of ether oxygens (including phenoxy) is 4. The molecule has 26 heavy (non-hydrogen) atoms. The van der Waals surface area contributed by atoms with Gasteiger partial charge in [-0.05, 0) is 29.3 Å². The summed E-state index contributed by atoms with van der Waals surface area (Å²) in [6.45, 7) is 2.16. The first kappa shape index (κ1) is 15.5. The Morgan fingerprint density at radius 1 is 0.923 bits per heavy atom. The van der Waals surface area contributed by atoms with Gasteiger partial charge in [-0.15, -0.1) is 0 Å². The lowest BCUT2D eigenvalue weighted by atomic mass is 9.92. The Balaban J connectivity index is 1.60. The van der Waals surface area contributed by atoms with E-state index in [4.69, 9.17) is 18.9 Å². The van der Waals surface area contributed by atoms with Crippen LogP contribution in [0, 0.1) is 0 Å². The maximum atomic E-state index is 13.1. The molecule has 6 heteroatoms. The van der Waals surface area contributed by atoms with Crippen LogP contribution < -0.4 is 23.8 Å². The highest BCUT2D eigenvalue weighted by atomic mass is 16.7. The minimum atomic E-state index is 0.0953. The molecule has 3 aliphatic rings. The van der Waals surface area contributed by atoms with Crippen LogP contribution in [0.2, 0.25) is 0 Å². The first-order valence-electron chi connectivity index (χ1n) is 8.86. The van der Waals surface area contributed by atoms with Gasteiger partial charge in [-0.2, -0.15) is 0 Å². The van der Waals surface area contributed by atoms with Crippen molar-refractivity contribution >= 4 is 5.78 Å². The van der Waals surface area contributed by atoms with Crippen LogP contribution in [-0.4, -0.2) is 33.0 Å². The summed E-state index contributed by atoms with van der Waals surface area (Å²) in [6, 6.07) is 7.69. The highest BCUT2D eigenvalue weighted by molar-refractivity contribution is 6.00. The smallest absolute Gasteiger partial charge is 0.231 e. The maximum absolute atomic E-state index is 13.1. The minimum Gasteiger partial charge on any atom is -0.454 e. The molecule has 0 bridgehead atoms. The Morgan fingerprint density at radius 2 is 1.69 bits per heavy atom. The van der Waals surface area contributed by atoms with Crippen molar-refractivity contribution < 1.29 is 28.6 Å². The first-order valence-corrected chi connectivity index (χ1v) is 8.86. The fourth-order valence-corrected chi connectivity index (χ4v) is 3.89. The van der Waals surface area contributed by atoms with Gasteiger partial charge in [-0.3, -0.25) is 4.79 Å². The fourth-order valence-electron chi connectivity index (χ4n) is 3.89. The van der Waals surface area contributed by atoms with E-state index in [2.05, 4.69) is 7.05 Å². The van der Waals surface area contributed by atoms with E-state index in [0.717, 1.165) is 59.0 Å². The van der Waals surface area contributed by atoms with Crippen molar-refractivity contribution in [2.75, 3.05) is 27.2 Å². The molecule has 1 unspecified atom stereocenters. The first-order chi connectivity index (χ1) is 12.7. The Kier molecular flexibility index (Phi) is 3.53. The van der Waals surface area contributed by atoms with Crippen LogP contribution in [0.3, 0.4) is 0 Å². The SMILES string of the molecule is C[NH+]1CCc2cc3c(cc2C(=O)Cc2ccc4c(c2C1)OCO4)OCO3. The molecular weight excluding hydrogens is 334 g/mol. The largest absolute Gasteiger partial charge is 0.454 e. The van der Waals surface area contributed by atoms with Crippen molar-refractivity contribution in [2.45, 2.75) is 19.4 Å². The van der Waals surface area contributed by atoms with Crippen LogP contribution in [0.5, 0.6) is 23.0 Å². The molecule has 1 N–H and O–H groups in total.